The van der Waals surface area contributed by atoms with E-state index in [9.17, 15) is 4.11 Å². The molecule has 3 nitrogen and oxygen atoms in total. The molecule has 0 aliphatic carbocycles. The third-order valence-corrected chi connectivity index (χ3v) is 0. The average molecular weight is 120 g/mol. The minimum Gasteiger partial charge on any atom is -0.825 e. The molecular weight excluding hydrogens is 119 g/mol. The molecule has 0 aliphatic rings. The molecule has 0 atom stereocenters. The maximum absolute atomic E-state index is 10.3. The molecule has 6 heteroatoms. The van der Waals surface area contributed by atoms with Gasteiger partial charge in [0.15, 0.2) is 0 Å². The topological polar surface area (TPSA) is 66.3 Å². The molecule has 0 saturated carbocycles. The standard InChI is InChI=1S/FHO3Si.Mg/c1-5(2,3)4;/h2H;/q-2;+2. The molecule has 0 bridgehead atoms. The maximum atomic E-state index is 10.3. The van der Waals surface area contributed by atoms with E-state index in [-0.39, 0.29) is 23.1 Å². The zero-order chi connectivity index (χ0) is 4.50. The second-order valence-electron chi connectivity index (χ2n) is 0.505. The molecule has 0 saturated heterocycles. The summed E-state index contributed by atoms with van der Waals surface area (Å²) in [6.07, 6.45) is 0. The van der Waals surface area contributed by atoms with E-state index in [2.05, 4.69) is 0 Å². The third kappa shape index (κ3) is 110. The molecule has 1 N–H and O–H groups in total. The summed E-state index contributed by atoms with van der Waals surface area (Å²) >= 11 is 0. The molecule has 0 aliphatic heterocycles. The Hall–Kier alpha value is 0.793. The fourth-order valence-corrected chi connectivity index (χ4v) is 0. The largest absolute Gasteiger partial charge is 2.00 e. The van der Waals surface area contributed by atoms with Gasteiger partial charge in [0.05, 0.1) is 0 Å². The van der Waals surface area contributed by atoms with Gasteiger partial charge in [0.25, 0.3) is 0 Å². The maximum Gasteiger partial charge on any atom is 2.00 e. The predicted octanol–water partition coefficient (Wildman–Crippen LogP) is -3.28. The SMILES string of the molecule is [Mg+2].[O-][Si]([O-])(O)F. The van der Waals surface area contributed by atoms with Crippen molar-refractivity contribution in [1.29, 1.82) is 0 Å². The summed E-state index contributed by atoms with van der Waals surface area (Å²) in [7, 11) is -5.61. The minimum atomic E-state index is -5.61. The first-order valence-corrected chi connectivity index (χ1v) is 2.46. The Bertz CT molecular complexity index is 26.3. The Kier molecular flexibility index (Phi) is 4.77. The van der Waals surface area contributed by atoms with E-state index in [1.165, 1.54) is 0 Å². The molecule has 0 unspecified atom stereocenters. The van der Waals surface area contributed by atoms with Gasteiger partial charge in [0, 0.05) is 0 Å². The van der Waals surface area contributed by atoms with E-state index in [0.717, 1.165) is 0 Å². The number of hydrogen-bond acceptors (Lipinski definition) is 3. The normalized spacial score (nSPS) is 10.0. The van der Waals surface area contributed by atoms with Crippen LogP contribution in [0.5, 0.6) is 0 Å². The molecule has 6 heavy (non-hydrogen) atoms. The number of halogens is 1. The second-order valence-corrected chi connectivity index (χ2v) is 1.51. The first-order valence-electron chi connectivity index (χ1n) is 0.821. The van der Waals surface area contributed by atoms with Crippen LogP contribution in [0.2, 0.25) is 0 Å². The van der Waals surface area contributed by atoms with Crippen molar-refractivity contribution in [3.05, 3.63) is 0 Å². The first-order chi connectivity index (χ1) is 2.00. The van der Waals surface area contributed by atoms with Crippen molar-refractivity contribution in [2.45, 2.75) is 0 Å². The van der Waals surface area contributed by atoms with Gasteiger partial charge < -0.3 is 18.5 Å². The van der Waals surface area contributed by atoms with Gasteiger partial charge in [-0.2, -0.15) is 0 Å². The van der Waals surface area contributed by atoms with E-state index < -0.39 is 9.14 Å². The van der Waals surface area contributed by atoms with E-state index >= 15 is 0 Å². The van der Waals surface area contributed by atoms with Gasteiger partial charge in [0.1, 0.15) is 0 Å². The smallest absolute Gasteiger partial charge is 0.825 e. The zero-order valence-electron chi connectivity index (χ0n) is 2.85. The fourth-order valence-electron chi connectivity index (χ4n) is 0. The van der Waals surface area contributed by atoms with Crippen LogP contribution in [-0.2, 0) is 0 Å². The van der Waals surface area contributed by atoms with Crippen LogP contribution in [0, 0.1) is 0 Å². The van der Waals surface area contributed by atoms with Crippen LogP contribution >= 0.6 is 0 Å². The van der Waals surface area contributed by atoms with Gasteiger partial charge in [-0.1, -0.05) is 0 Å². The molecule has 0 fully saturated rings. The summed E-state index contributed by atoms with van der Waals surface area (Å²) < 4.78 is 10.3. The third-order valence-electron chi connectivity index (χ3n) is 0. The first kappa shape index (κ1) is 9.92. The van der Waals surface area contributed by atoms with Crippen LogP contribution in [0.15, 0.2) is 0 Å². The molecule has 0 amide bonds. The van der Waals surface area contributed by atoms with Crippen LogP contribution in [0.3, 0.4) is 0 Å². The van der Waals surface area contributed by atoms with E-state index in [0.29, 0.717) is 0 Å². The van der Waals surface area contributed by atoms with Gasteiger partial charge in [-0.15, -0.1) is 0 Å². The molecular formula is HFMgO3Si. The van der Waals surface area contributed by atoms with E-state index in [4.69, 9.17) is 14.4 Å². The molecule has 0 radical (unpaired) electrons. The van der Waals surface area contributed by atoms with Crippen molar-refractivity contribution in [2.24, 2.45) is 0 Å². The van der Waals surface area contributed by atoms with E-state index in [1.807, 2.05) is 0 Å². The van der Waals surface area contributed by atoms with Crippen molar-refractivity contribution in [3.63, 3.8) is 0 Å². The summed E-state index contributed by atoms with van der Waals surface area (Å²) in [5, 5.41) is 0. The molecule has 0 aromatic carbocycles. The molecule has 0 aromatic heterocycles. The summed E-state index contributed by atoms with van der Waals surface area (Å²) in [5.74, 6) is 0. The van der Waals surface area contributed by atoms with Crippen molar-refractivity contribution in [2.75, 3.05) is 0 Å². The van der Waals surface area contributed by atoms with Gasteiger partial charge in [0.2, 0.25) is 9.14 Å². The second kappa shape index (κ2) is 2.88. The summed E-state index contributed by atoms with van der Waals surface area (Å²) in [4.78, 5) is 24.0. The quantitative estimate of drug-likeness (QED) is 0.269. The van der Waals surface area contributed by atoms with Crippen molar-refractivity contribution in [1.82, 2.24) is 0 Å². The molecule has 0 spiro atoms. The average Bonchev–Trinajstić information content (AvgIpc) is 0.722. The van der Waals surface area contributed by atoms with Gasteiger partial charge in [-0.3, -0.25) is 0 Å². The number of hydrogen-bond donors (Lipinski definition) is 1. The van der Waals surface area contributed by atoms with Crippen LogP contribution in [0.1, 0.15) is 0 Å². The predicted molar refractivity (Wildman–Crippen MR) is 14.8 cm³/mol. The molecule has 0 heterocycles. The molecule has 32 valence electrons. The van der Waals surface area contributed by atoms with Crippen LogP contribution in [-0.4, -0.2) is 37.0 Å². The monoisotopic (exact) mass is 120 g/mol. The van der Waals surface area contributed by atoms with Crippen molar-refractivity contribution < 1.29 is 18.5 Å². The Morgan fingerprint density at radius 2 is 1.50 bits per heavy atom. The summed E-state index contributed by atoms with van der Waals surface area (Å²) in [6, 6.07) is 0. The summed E-state index contributed by atoms with van der Waals surface area (Å²) in [5.41, 5.74) is 0. The fraction of sp³-hybridized carbons (Fsp3) is 0. The van der Waals surface area contributed by atoms with Gasteiger partial charge >= 0.3 is 23.1 Å². The van der Waals surface area contributed by atoms with Crippen LogP contribution < -0.4 is 9.59 Å². The zero-order valence-corrected chi connectivity index (χ0v) is 5.26. The van der Waals surface area contributed by atoms with Crippen LogP contribution in [0.4, 0.5) is 4.11 Å². The minimum absolute atomic E-state index is 0. The van der Waals surface area contributed by atoms with Gasteiger partial charge in [-0.05, 0) is 0 Å². The Balaban J connectivity index is 0. The van der Waals surface area contributed by atoms with E-state index in [1.54, 1.807) is 0 Å². The Morgan fingerprint density at radius 1 is 1.50 bits per heavy atom. The van der Waals surface area contributed by atoms with Crippen LogP contribution in [0.25, 0.3) is 0 Å². The van der Waals surface area contributed by atoms with Gasteiger partial charge in [-0.25, -0.2) is 0 Å². The Labute approximate surface area is 51.1 Å². The van der Waals surface area contributed by atoms with Crippen molar-refractivity contribution in [3.8, 4) is 0 Å². The van der Waals surface area contributed by atoms with Crippen molar-refractivity contribution >= 4 is 32.2 Å². The summed E-state index contributed by atoms with van der Waals surface area (Å²) in [6.45, 7) is 0. The molecule has 0 aromatic rings. The Morgan fingerprint density at radius 3 is 1.50 bits per heavy atom. The molecule has 0 rings (SSSR count). The number of rotatable bonds is 0.